The SMILES string of the molecule is CC(C)(C)OC(=O)N1CCN(CCN(Cc2ccc(F)cc2)CC(O)(Cn2cncn2)c2ccc(F)cc2F)CC1. The van der Waals surface area contributed by atoms with Crippen LogP contribution < -0.4 is 0 Å². The Labute approximate surface area is 238 Å². The number of hydrogen-bond donors (Lipinski definition) is 1. The lowest BCUT2D eigenvalue weighted by molar-refractivity contribution is -0.0268. The molecule has 1 unspecified atom stereocenters. The molecule has 1 aliphatic rings. The Kier molecular flexibility index (Phi) is 9.67. The number of ether oxygens (including phenoxy) is 1. The summed E-state index contributed by atoms with van der Waals surface area (Å²) >= 11 is 0. The van der Waals surface area contributed by atoms with Gasteiger partial charge in [0, 0.05) is 64.0 Å². The van der Waals surface area contributed by atoms with Gasteiger partial charge in [-0.2, -0.15) is 5.10 Å². The zero-order valence-corrected chi connectivity index (χ0v) is 23.6. The van der Waals surface area contributed by atoms with E-state index in [0.29, 0.717) is 45.8 Å². The first-order valence-electron chi connectivity index (χ1n) is 13.6. The van der Waals surface area contributed by atoms with Gasteiger partial charge in [0.2, 0.25) is 0 Å². The maximum Gasteiger partial charge on any atom is 0.410 e. The Morgan fingerprint density at radius 3 is 2.32 bits per heavy atom. The first-order chi connectivity index (χ1) is 19.4. The molecule has 0 saturated carbocycles. The smallest absolute Gasteiger partial charge is 0.410 e. The molecule has 2 heterocycles. The fourth-order valence-electron chi connectivity index (χ4n) is 4.86. The van der Waals surface area contributed by atoms with E-state index in [0.717, 1.165) is 17.7 Å². The van der Waals surface area contributed by atoms with Crippen LogP contribution in [0, 0.1) is 17.5 Å². The molecule has 1 aromatic heterocycles. The number of halogens is 3. The van der Waals surface area contributed by atoms with Gasteiger partial charge in [0.05, 0.1) is 6.54 Å². The normalized spacial score (nSPS) is 16.1. The summed E-state index contributed by atoms with van der Waals surface area (Å²) in [4.78, 5) is 22.2. The summed E-state index contributed by atoms with van der Waals surface area (Å²) in [6, 6.07) is 9.16. The second kappa shape index (κ2) is 13.0. The van der Waals surface area contributed by atoms with Crippen LogP contribution in [0.4, 0.5) is 18.0 Å². The standard InChI is InChI=1S/C29H37F3N6O3/c1-28(2,3)41-27(39)37-14-12-35(13-15-37)10-11-36(17-22-4-6-23(30)7-5-22)18-29(40,19-38-21-33-20-34-38)25-9-8-24(31)16-26(25)32/h4-9,16,20-21,40H,10-15,17-19H2,1-3H3. The first kappa shape index (κ1) is 30.5. The summed E-state index contributed by atoms with van der Waals surface area (Å²) in [5.74, 6) is -1.98. The summed E-state index contributed by atoms with van der Waals surface area (Å²) < 4.78 is 49.2. The van der Waals surface area contributed by atoms with Gasteiger partial charge in [-0.15, -0.1) is 0 Å². The van der Waals surface area contributed by atoms with Crippen LogP contribution in [0.3, 0.4) is 0 Å². The lowest BCUT2D eigenvalue weighted by Crippen LogP contribution is -2.52. The number of piperazine rings is 1. The van der Waals surface area contributed by atoms with Crippen LogP contribution in [0.2, 0.25) is 0 Å². The molecule has 12 heteroatoms. The third-order valence-corrected chi connectivity index (χ3v) is 6.88. The highest BCUT2D eigenvalue weighted by atomic mass is 19.1. The molecule has 2 aromatic carbocycles. The van der Waals surface area contributed by atoms with Crippen molar-refractivity contribution in [3.8, 4) is 0 Å². The second-order valence-electron chi connectivity index (χ2n) is 11.4. The van der Waals surface area contributed by atoms with Gasteiger partial charge in [0.15, 0.2) is 0 Å². The van der Waals surface area contributed by atoms with Gasteiger partial charge in [-0.3, -0.25) is 9.80 Å². The van der Waals surface area contributed by atoms with Crippen molar-refractivity contribution in [1.82, 2.24) is 29.5 Å². The summed E-state index contributed by atoms with van der Waals surface area (Å²) in [7, 11) is 0. The Morgan fingerprint density at radius 1 is 1.02 bits per heavy atom. The van der Waals surface area contributed by atoms with Crippen molar-refractivity contribution >= 4 is 6.09 Å². The zero-order valence-electron chi connectivity index (χ0n) is 23.6. The second-order valence-corrected chi connectivity index (χ2v) is 11.4. The van der Waals surface area contributed by atoms with Crippen molar-refractivity contribution in [3.63, 3.8) is 0 Å². The number of carbonyl (C=O) groups excluding carboxylic acids is 1. The fourth-order valence-corrected chi connectivity index (χ4v) is 4.86. The predicted molar refractivity (Wildman–Crippen MR) is 146 cm³/mol. The molecular weight excluding hydrogens is 537 g/mol. The van der Waals surface area contributed by atoms with E-state index in [1.54, 1.807) is 17.0 Å². The summed E-state index contributed by atoms with van der Waals surface area (Å²) in [6.45, 7) is 9.10. The topological polar surface area (TPSA) is 87.0 Å². The highest BCUT2D eigenvalue weighted by Gasteiger charge is 2.36. The molecule has 1 fully saturated rings. The van der Waals surface area contributed by atoms with Crippen molar-refractivity contribution < 1.29 is 27.8 Å². The van der Waals surface area contributed by atoms with Gasteiger partial charge in [-0.25, -0.2) is 27.6 Å². The van der Waals surface area contributed by atoms with Crippen molar-refractivity contribution in [2.24, 2.45) is 0 Å². The largest absolute Gasteiger partial charge is 0.444 e. The fraction of sp³-hybridized carbons (Fsp3) is 0.483. The zero-order chi connectivity index (χ0) is 29.6. The number of nitrogens with zero attached hydrogens (tertiary/aromatic N) is 6. The van der Waals surface area contributed by atoms with Gasteiger partial charge >= 0.3 is 6.09 Å². The molecule has 3 aromatic rings. The number of amides is 1. The van der Waals surface area contributed by atoms with Gasteiger partial charge in [0.25, 0.3) is 0 Å². The molecule has 1 saturated heterocycles. The maximum atomic E-state index is 15.0. The summed E-state index contributed by atoms with van der Waals surface area (Å²) in [5, 5.41) is 16.0. The molecule has 1 atom stereocenters. The quantitative estimate of drug-likeness (QED) is 0.396. The Balaban J connectivity index is 1.50. The van der Waals surface area contributed by atoms with Crippen LogP contribution in [0.25, 0.3) is 0 Å². The molecule has 0 bridgehead atoms. The maximum absolute atomic E-state index is 15.0. The number of benzene rings is 2. The van der Waals surface area contributed by atoms with Gasteiger partial charge < -0.3 is 14.7 Å². The van der Waals surface area contributed by atoms with Crippen LogP contribution in [0.1, 0.15) is 31.9 Å². The third kappa shape index (κ3) is 8.75. The van der Waals surface area contributed by atoms with Gasteiger partial charge in [0.1, 0.15) is 41.3 Å². The number of rotatable bonds is 10. The van der Waals surface area contributed by atoms with Crippen LogP contribution in [0.15, 0.2) is 55.1 Å². The van der Waals surface area contributed by atoms with E-state index in [1.807, 2.05) is 25.7 Å². The molecular formula is C29H37F3N6O3. The highest BCUT2D eigenvalue weighted by molar-refractivity contribution is 5.68. The summed E-state index contributed by atoms with van der Waals surface area (Å²) in [5.41, 5.74) is -1.61. The molecule has 1 aliphatic heterocycles. The van der Waals surface area contributed by atoms with Crippen molar-refractivity contribution in [1.29, 1.82) is 0 Å². The monoisotopic (exact) mass is 574 g/mol. The molecule has 0 radical (unpaired) electrons. The van der Waals surface area contributed by atoms with Crippen LogP contribution in [-0.4, -0.2) is 92.1 Å². The van der Waals surface area contributed by atoms with Crippen molar-refractivity contribution in [2.75, 3.05) is 45.8 Å². The van der Waals surface area contributed by atoms with E-state index in [-0.39, 0.29) is 30.6 Å². The van der Waals surface area contributed by atoms with E-state index in [4.69, 9.17) is 4.74 Å². The highest BCUT2D eigenvalue weighted by Crippen LogP contribution is 2.28. The van der Waals surface area contributed by atoms with E-state index in [9.17, 15) is 18.7 Å². The van der Waals surface area contributed by atoms with E-state index in [1.165, 1.54) is 35.5 Å². The van der Waals surface area contributed by atoms with Crippen molar-refractivity contribution in [3.05, 3.63) is 83.7 Å². The van der Waals surface area contributed by atoms with Gasteiger partial charge in [-0.1, -0.05) is 18.2 Å². The van der Waals surface area contributed by atoms with E-state index in [2.05, 4.69) is 15.0 Å². The van der Waals surface area contributed by atoms with Gasteiger partial charge in [-0.05, 0) is 44.5 Å². The molecule has 1 N–H and O–H groups in total. The molecule has 0 aliphatic carbocycles. The number of aliphatic hydroxyl groups is 1. The average Bonchev–Trinajstić information content (AvgIpc) is 3.40. The minimum Gasteiger partial charge on any atom is -0.444 e. The molecule has 1 amide bonds. The lowest BCUT2D eigenvalue weighted by atomic mass is 9.92. The van der Waals surface area contributed by atoms with E-state index >= 15 is 4.39 Å². The Bertz CT molecular complexity index is 1280. The molecule has 41 heavy (non-hydrogen) atoms. The Morgan fingerprint density at radius 2 is 1.71 bits per heavy atom. The Hall–Kier alpha value is -3.48. The molecule has 222 valence electrons. The van der Waals surface area contributed by atoms with E-state index < -0.39 is 22.8 Å². The first-order valence-corrected chi connectivity index (χ1v) is 13.6. The summed E-state index contributed by atoms with van der Waals surface area (Å²) in [6.07, 6.45) is 2.39. The predicted octanol–water partition coefficient (Wildman–Crippen LogP) is 3.64. The molecule has 0 spiro atoms. The average molecular weight is 575 g/mol. The molecule has 4 rings (SSSR count). The lowest BCUT2D eigenvalue weighted by Gasteiger charge is -2.38. The van der Waals surface area contributed by atoms with Crippen molar-refractivity contribution in [2.45, 2.75) is 45.1 Å². The number of aromatic nitrogens is 3. The number of carbonyl (C=O) groups is 1. The van der Waals surface area contributed by atoms with Crippen LogP contribution in [-0.2, 0) is 23.4 Å². The van der Waals surface area contributed by atoms with Crippen LogP contribution in [0.5, 0.6) is 0 Å². The minimum absolute atomic E-state index is 0.0232. The third-order valence-electron chi connectivity index (χ3n) is 6.88. The number of hydrogen-bond acceptors (Lipinski definition) is 7. The minimum atomic E-state index is -1.79. The van der Waals surface area contributed by atoms with Crippen LogP contribution >= 0.6 is 0 Å². The molecule has 9 nitrogen and oxygen atoms in total.